The van der Waals surface area contributed by atoms with Crippen molar-refractivity contribution in [3.8, 4) is 29.7 Å². The summed E-state index contributed by atoms with van der Waals surface area (Å²) in [5, 5.41) is 15.9. The maximum Gasteiger partial charge on any atom is 0.227 e. The lowest BCUT2D eigenvalue weighted by Gasteiger charge is -2.25. The molecule has 1 fully saturated rings. The Kier molecular flexibility index (Phi) is 8.25. The number of para-hydroxylation sites is 2. The molecule has 0 spiro atoms. The highest BCUT2D eigenvalue weighted by molar-refractivity contribution is 6.32. The molecule has 178 valence electrons. The monoisotopic (exact) mass is 479 g/mol. The first-order valence-electron chi connectivity index (χ1n) is 11.5. The van der Waals surface area contributed by atoms with Crippen LogP contribution in [-0.2, 0) is 11.3 Å². The fraction of sp³-hybridized carbons (Fsp3) is 0.370. The zero-order valence-electron chi connectivity index (χ0n) is 19.4. The number of aliphatic hydroxyl groups is 1. The third kappa shape index (κ3) is 6.40. The zero-order valence-corrected chi connectivity index (χ0v) is 20.1. The highest BCUT2D eigenvalue weighted by atomic mass is 35.5. The molecule has 0 amide bonds. The van der Waals surface area contributed by atoms with Crippen LogP contribution in [-0.4, -0.2) is 52.2 Å². The summed E-state index contributed by atoms with van der Waals surface area (Å²) in [7, 11) is 0. The van der Waals surface area contributed by atoms with Crippen molar-refractivity contribution in [2.75, 3.05) is 26.3 Å². The summed E-state index contributed by atoms with van der Waals surface area (Å²) in [6.45, 7) is 4.34. The van der Waals surface area contributed by atoms with Gasteiger partial charge in [-0.05, 0) is 49.9 Å². The smallest absolute Gasteiger partial charge is 0.227 e. The quantitative estimate of drug-likeness (QED) is 0.297. The Morgan fingerprint density at radius 1 is 1.21 bits per heavy atom. The van der Waals surface area contributed by atoms with Crippen LogP contribution in [0.25, 0.3) is 5.69 Å². The molecule has 1 aliphatic rings. The number of ether oxygens (including phenoxy) is 2. The van der Waals surface area contributed by atoms with Crippen molar-refractivity contribution in [3.63, 3.8) is 0 Å². The summed E-state index contributed by atoms with van der Waals surface area (Å²) in [6, 6.07) is 17.3. The summed E-state index contributed by atoms with van der Waals surface area (Å²) in [5.41, 5.74) is 2.72. The van der Waals surface area contributed by atoms with Crippen molar-refractivity contribution >= 4 is 11.6 Å². The van der Waals surface area contributed by atoms with Gasteiger partial charge in [0.1, 0.15) is 12.4 Å². The van der Waals surface area contributed by atoms with E-state index in [2.05, 4.69) is 10.8 Å². The van der Waals surface area contributed by atoms with E-state index in [9.17, 15) is 5.11 Å². The summed E-state index contributed by atoms with van der Waals surface area (Å²) in [6.07, 6.45) is 7.04. The Bertz CT molecular complexity index is 1120. The van der Waals surface area contributed by atoms with Gasteiger partial charge in [0.05, 0.1) is 34.7 Å². The number of halogens is 1. The van der Waals surface area contributed by atoms with E-state index in [0.717, 1.165) is 23.5 Å². The van der Waals surface area contributed by atoms with Crippen LogP contribution in [0, 0.1) is 25.2 Å². The van der Waals surface area contributed by atoms with E-state index in [-0.39, 0.29) is 13.2 Å². The molecular weight excluding hydrogens is 450 g/mol. The van der Waals surface area contributed by atoms with Gasteiger partial charge in [0, 0.05) is 19.6 Å². The molecule has 4 rings (SSSR count). The van der Waals surface area contributed by atoms with Gasteiger partial charge < -0.3 is 14.6 Å². The van der Waals surface area contributed by atoms with Crippen molar-refractivity contribution in [1.29, 1.82) is 0 Å². The Hall–Kier alpha value is -2.82. The molecular formula is C27H30ClN3O3. The number of aliphatic hydroxyl groups excluding tert-OH is 1. The Morgan fingerprint density at radius 3 is 2.65 bits per heavy atom. The molecule has 0 aliphatic heterocycles. The number of hydrogen-bond acceptors (Lipinski definition) is 5. The molecule has 0 saturated heterocycles. The third-order valence-corrected chi connectivity index (χ3v) is 6.05. The number of terminal acetylenes is 1. The minimum Gasteiger partial charge on any atom is -0.437 e. The second-order valence-electron chi connectivity index (χ2n) is 8.66. The topological polar surface area (TPSA) is 59.8 Å². The minimum atomic E-state index is -0.635. The highest BCUT2D eigenvalue weighted by Gasteiger charge is 2.28. The average Bonchev–Trinajstić information content (AvgIpc) is 3.60. The van der Waals surface area contributed by atoms with Crippen molar-refractivity contribution in [3.05, 3.63) is 70.9 Å². The lowest BCUT2D eigenvalue weighted by atomic mass is 10.2. The van der Waals surface area contributed by atoms with Crippen LogP contribution in [0.3, 0.4) is 0 Å². The number of rotatable bonds is 12. The standard InChI is InChI=1S/C27H30ClN3O3/c1-3-15-33-19-23(32)17-30(16-21-13-14-21)18-24-20(2)29-31(22-9-5-4-6-10-22)27(24)34-26-12-8-7-11-25(26)28/h1,4-12,21,23,32H,13-19H2,2H3/t23-/m0/s1. The fourth-order valence-electron chi connectivity index (χ4n) is 3.90. The van der Waals surface area contributed by atoms with Gasteiger partial charge in [-0.15, -0.1) is 6.42 Å². The molecule has 3 aromatic rings. The maximum atomic E-state index is 10.5. The predicted molar refractivity (Wildman–Crippen MR) is 133 cm³/mol. The lowest BCUT2D eigenvalue weighted by molar-refractivity contribution is 0.0250. The molecule has 34 heavy (non-hydrogen) atoms. The Balaban J connectivity index is 1.64. The summed E-state index contributed by atoms with van der Waals surface area (Å²) < 4.78 is 13.5. The average molecular weight is 480 g/mol. The van der Waals surface area contributed by atoms with Crippen LogP contribution in [0.5, 0.6) is 11.6 Å². The number of hydrogen-bond donors (Lipinski definition) is 1. The van der Waals surface area contributed by atoms with Gasteiger partial charge in [0.2, 0.25) is 5.88 Å². The molecule has 2 aromatic carbocycles. The minimum absolute atomic E-state index is 0.193. The van der Waals surface area contributed by atoms with Crippen LogP contribution < -0.4 is 4.74 Å². The lowest BCUT2D eigenvalue weighted by Crippen LogP contribution is -2.36. The van der Waals surface area contributed by atoms with Crippen LogP contribution in [0.15, 0.2) is 54.6 Å². The van der Waals surface area contributed by atoms with E-state index < -0.39 is 6.10 Å². The van der Waals surface area contributed by atoms with Crippen LogP contribution in [0.2, 0.25) is 5.02 Å². The predicted octanol–water partition coefficient (Wildman–Crippen LogP) is 4.85. The first kappa shape index (κ1) is 24.3. The van der Waals surface area contributed by atoms with Crippen molar-refractivity contribution in [1.82, 2.24) is 14.7 Å². The van der Waals surface area contributed by atoms with E-state index in [4.69, 9.17) is 32.6 Å². The van der Waals surface area contributed by atoms with Crippen molar-refractivity contribution in [2.45, 2.75) is 32.4 Å². The zero-order chi connectivity index (χ0) is 23.9. The second-order valence-corrected chi connectivity index (χ2v) is 9.07. The number of benzene rings is 2. The molecule has 1 saturated carbocycles. The van der Waals surface area contributed by atoms with E-state index in [1.54, 1.807) is 6.07 Å². The van der Waals surface area contributed by atoms with E-state index in [0.29, 0.717) is 35.7 Å². The van der Waals surface area contributed by atoms with Crippen LogP contribution in [0.1, 0.15) is 24.1 Å². The van der Waals surface area contributed by atoms with Gasteiger partial charge in [-0.2, -0.15) is 5.10 Å². The SMILES string of the molecule is C#CCOC[C@@H](O)CN(Cc1c(C)nn(-c2ccccc2)c1Oc1ccccc1Cl)CC1CC1. The molecule has 1 N–H and O–H groups in total. The summed E-state index contributed by atoms with van der Waals surface area (Å²) >= 11 is 6.42. The first-order chi connectivity index (χ1) is 16.5. The van der Waals surface area contributed by atoms with Gasteiger partial charge in [0.25, 0.3) is 0 Å². The largest absolute Gasteiger partial charge is 0.437 e. The van der Waals surface area contributed by atoms with Gasteiger partial charge in [0.15, 0.2) is 0 Å². The molecule has 1 aromatic heterocycles. The molecule has 1 heterocycles. The summed E-state index contributed by atoms with van der Waals surface area (Å²) in [5.74, 6) is 4.27. The van der Waals surface area contributed by atoms with Gasteiger partial charge >= 0.3 is 0 Å². The highest BCUT2D eigenvalue weighted by Crippen LogP contribution is 2.36. The van der Waals surface area contributed by atoms with E-state index in [1.807, 2.05) is 60.1 Å². The van der Waals surface area contributed by atoms with Crippen molar-refractivity contribution in [2.24, 2.45) is 5.92 Å². The number of aryl methyl sites for hydroxylation is 1. The Morgan fingerprint density at radius 2 is 1.94 bits per heavy atom. The normalized spacial score (nSPS) is 14.2. The molecule has 0 bridgehead atoms. The van der Waals surface area contributed by atoms with Crippen molar-refractivity contribution < 1.29 is 14.6 Å². The van der Waals surface area contributed by atoms with Gasteiger partial charge in [-0.3, -0.25) is 4.90 Å². The second kappa shape index (κ2) is 11.5. The van der Waals surface area contributed by atoms with Gasteiger partial charge in [-0.1, -0.05) is 47.9 Å². The van der Waals surface area contributed by atoms with Gasteiger partial charge in [-0.25, -0.2) is 4.68 Å². The Labute approximate surface area is 206 Å². The maximum absolute atomic E-state index is 10.5. The third-order valence-electron chi connectivity index (χ3n) is 5.74. The molecule has 1 aliphatic carbocycles. The molecule has 0 unspecified atom stereocenters. The number of nitrogens with zero attached hydrogens (tertiary/aromatic N) is 3. The molecule has 1 atom stereocenters. The van der Waals surface area contributed by atoms with Crippen LogP contribution in [0.4, 0.5) is 0 Å². The van der Waals surface area contributed by atoms with E-state index in [1.165, 1.54) is 12.8 Å². The van der Waals surface area contributed by atoms with E-state index >= 15 is 0 Å². The first-order valence-corrected chi connectivity index (χ1v) is 11.9. The van der Waals surface area contributed by atoms with Crippen LogP contribution >= 0.6 is 11.6 Å². The fourth-order valence-corrected chi connectivity index (χ4v) is 4.07. The number of aromatic nitrogens is 2. The summed E-state index contributed by atoms with van der Waals surface area (Å²) in [4.78, 5) is 2.25. The molecule has 7 heteroatoms. The molecule has 6 nitrogen and oxygen atoms in total. The molecule has 0 radical (unpaired) electrons.